The fraction of sp³-hybridized carbons (Fsp3) is 0.312. The van der Waals surface area contributed by atoms with E-state index in [1.165, 1.54) is 7.11 Å². The fourth-order valence-corrected chi connectivity index (χ4v) is 5.58. The third kappa shape index (κ3) is 6.65. The molecule has 3 aromatic heterocycles. The van der Waals surface area contributed by atoms with Crippen molar-refractivity contribution in [2.24, 2.45) is 0 Å². The molecule has 4 heterocycles. The number of rotatable bonds is 9. The minimum Gasteiger partial charge on any atom is -0.497 e. The van der Waals surface area contributed by atoms with Gasteiger partial charge in [0.2, 0.25) is 5.91 Å². The maximum atomic E-state index is 14.4. The van der Waals surface area contributed by atoms with Crippen LogP contribution in [-0.2, 0) is 4.79 Å². The van der Waals surface area contributed by atoms with Crippen molar-refractivity contribution in [2.75, 3.05) is 53.3 Å². The zero-order valence-corrected chi connectivity index (χ0v) is 25.5. The molecule has 1 fully saturated rings. The average molecular weight is 603 g/mol. The minimum atomic E-state index is -0.195. The number of nitrogens with zero attached hydrogens (tertiary/aromatic N) is 5. The van der Waals surface area contributed by atoms with Crippen LogP contribution >= 0.6 is 11.6 Å². The molecule has 1 amide bonds. The fourth-order valence-electron chi connectivity index (χ4n) is 5.29. The van der Waals surface area contributed by atoms with Gasteiger partial charge in [-0.2, -0.15) is 0 Å². The van der Waals surface area contributed by atoms with Crippen molar-refractivity contribution in [3.8, 4) is 22.6 Å². The van der Waals surface area contributed by atoms with Gasteiger partial charge in [-0.25, -0.2) is 4.98 Å². The summed E-state index contributed by atoms with van der Waals surface area (Å²) in [4.78, 5) is 39.8. The monoisotopic (exact) mass is 602 g/mol. The molecule has 224 valence electrons. The number of pyridine rings is 3. The molecule has 0 bridgehead atoms. The lowest BCUT2D eigenvalue weighted by atomic mass is 10.00. The number of benzene rings is 1. The molecule has 0 atom stereocenters. The lowest BCUT2D eigenvalue weighted by Gasteiger charge is -2.33. The Kier molecular flexibility index (Phi) is 9.27. The summed E-state index contributed by atoms with van der Waals surface area (Å²) in [6.07, 6.45) is 9.89. The van der Waals surface area contributed by atoms with Crippen molar-refractivity contribution in [1.29, 1.82) is 0 Å². The zero-order valence-electron chi connectivity index (χ0n) is 24.7. The number of ether oxygens (including phenoxy) is 2. The second-order valence-corrected chi connectivity index (χ2v) is 11.0. The van der Waals surface area contributed by atoms with E-state index in [9.17, 15) is 9.59 Å². The standard InChI is InChI=1S/C32H35ClN6O4/c1-37(2)12-6-8-30(40)38-13-9-23(10-14-38)39-27-18-29(36-22-7-5-11-34-20-22)35-19-21(27)15-26(32(39)41)25-16-24(42-3)17-28(43-4)31(25)33/h5-8,11,15-20,23H,9-10,12-14H2,1-4H3,(H,35,36)/b8-6+. The van der Waals surface area contributed by atoms with Crippen LogP contribution in [-0.4, -0.2) is 78.2 Å². The first kappa shape index (κ1) is 30.1. The van der Waals surface area contributed by atoms with Crippen LogP contribution in [0.2, 0.25) is 5.02 Å². The zero-order chi connectivity index (χ0) is 30.5. The number of amides is 1. The molecule has 4 aromatic rings. The van der Waals surface area contributed by atoms with E-state index in [1.807, 2.05) is 58.8 Å². The highest BCUT2D eigenvalue weighted by Gasteiger charge is 2.27. The van der Waals surface area contributed by atoms with Crippen molar-refractivity contribution >= 4 is 39.9 Å². The Morgan fingerprint density at radius 3 is 2.58 bits per heavy atom. The Morgan fingerprint density at radius 2 is 1.91 bits per heavy atom. The highest BCUT2D eigenvalue weighted by molar-refractivity contribution is 6.35. The van der Waals surface area contributed by atoms with Crippen molar-refractivity contribution in [1.82, 2.24) is 24.3 Å². The van der Waals surface area contributed by atoms with E-state index in [2.05, 4.69) is 15.3 Å². The van der Waals surface area contributed by atoms with E-state index in [-0.39, 0.29) is 17.5 Å². The lowest BCUT2D eigenvalue weighted by Crippen LogP contribution is -2.40. The predicted octanol–water partition coefficient (Wildman–Crippen LogP) is 5.15. The molecule has 0 spiro atoms. The second kappa shape index (κ2) is 13.3. The Morgan fingerprint density at radius 1 is 1.12 bits per heavy atom. The molecular formula is C32H35ClN6O4. The molecule has 0 unspecified atom stereocenters. The smallest absolute Gasteiger partial charge is 0.259 e. The predicted molar refractivity (Wildman–Crippen MR) is 170 cm³/mol. The van der Waals surface area contributed by atoms with Crippen molar-refractivity contribution in [3.63, 3.8) is 0 Å². The molecule has 10 nitrogen and oxygen atoms in total. The van der Waals surface area contributed by atoms with Crippen LogP contribution in [0.25, 0.3) is 22.0 Å². The number of anilines is 2. The molecule has 0 radical (unpaired) electrons. The van der Waals surface area contributed by atoms with Crippen molar-refractivity contribution < 1.29 is 14.3 Å². The number of likely N-dealkylation sites (tertiary alicyclic amines) is 1. The Balaban J connectivity index is 1.58. The summed E-state index contributed by atoms with van der Waals surface area (Å²) in [5.74, 6) is 1.49. The molecule has 1 saturated heterocycles. The number of nitrogens with one attached hydrogen (secondary N) is 1. The lowest BCUT2D eigenvalue weighted by molar-refractivity contribution is -0.127. The van der Waals surface area contributed by atoms with Gasteiger partial charge in [0.1, 0.15) is 17.3 Å². The summed E-state index contributed by atoms with van der Waals surface area (Å²) >= 11 is 6.75. The summed E-state index contributed by atoms with van der Waals surface area (Å²) in [6, 6.07) is 10.7. The van der Waals surface area contributed by atoms with Crippen LogP contribution in [0.15, 0.2) is 71.9 Å². The number of hydrogen-bond acceptors (Lipinski definition) is 8. The molecule has 43 heavy (non-hydrogen) atoms. The van der Waals surface area contributed by atoms with Gasteiger partial charge in [-0.1, -0.05) is 17.7 Å². The normalized spacial score (nSPS) is 14.0. The van der Waals surface area contributed by atoms with Crippen LogP contribution in [0.3, 0.4) is 0 Å². The molecule has 1 aliphatic heterocycles. The van der Waals surface area contributed by atoms with Crippen molar-refractivity contribution in [2.45, 2.75) is 18.9 Å². The Labute approximate surface area is 255 Å². The van der Waals surface area contributed by atoms with Gasteiger partial charge in [0.05, 0.1) is 36.6 Å². The van der Waals surface area contributed by atoms with E-state index in [1.54, 1.807) is 43.9 Å². The summed E-state index contributed by atoms with van der Waals surface area (Å²) in [6.45, 7) is 1.76. The molecular weight excluding hydrogens is 568 g/mol. The topological polar surface area (TPSA) is 102 Å². The van der Waals surface area contributed by atoms with Crippen LogP contribution in [0.1, 0.15) is 18.9 Å². The number of aromatic nitrogens is 3. The third-order valence-electron chi connectivity index (χ3n) is 7.49. The van der Waals surface area contributed by atoms with Gasteiger partial charge in [-0.05, 0) is 51.2 Å². The largest absolute Gasteiger partial charge is 0.497 e. The van der Waals surface area contributed by atoms with Gasteiger partial charge in [-0.15, -0.1) is 0 Å². The van der Waals surface area contributed by atoms with Gasteiger partial charge < -0.3 is 29.2 Å². The number of methoxy groups -OCH3 is 2. The molecule has 5 rings (SSSR count). The first-order valence-corrected chi connectivity index (χ1v) is 14.4. The van der Waals surface area contributed by atoms with Gasteiger partial charge in [0.25, 0.3) is 5.56 Å². The van der Waals surface area contributed by atoms with E-state index in [0.717, 1.165) is 16.6 Å². The maximum absolute atomic E-state index is 14.4. The number of likely N-dealkylation sites (N-methyl/N-ethyl adjacent to an activating group) is 1. The SMILES string of the molecule is COc1cc(OC)c(Cl)c(-c2cc3cnc(Nc4cccnc4)cc3n(C3CCN(C(=O)/C=C/CN(C)C)CC3)c2=O)c1. The highest BCUT2D eigenvalue weighted by Crippen LogP contribution is 2.39. The number of fused-ring (bicyclic) bond motifs is 1. The van der Waals surface area contributed by atoms with Gasteiger partial charge in [0.15, 0.2) is 0 Å². The quantitative estimate of drug-likeness (QED) is 0.262. The van der Waals surface area contributed by atoms with E-state index in [0.29, 0.717) is 65.9 Å². The highest BCUT2D eigenvalue weighted by atomic mass is 35.5. The minimum absolute atomic E-state index is 0.0198. The molecule has 11 heteroatoms. The number of hydrogen-bond donors (Lipinski definition) is 1. The Bertz CT molecular complexity index is 1700. The van der Waals surface area contributed by atoms with E-state index in [4.69, 9.17) is 21.1 Å². The number of carbonyl (C=O) groups excluding carboxylic acids is 1. The summed E-state index contributed by atoms with van der Waals surface area (Å²) in [7, 11) is 6.99. The molecule has 1 aromatic carbocycles. The molecule has 0 aliphatic carbocycles. The first-order valence-electron chi connectivity index (χ1n) is 14.0. The molecule has 1 aliphatic rings. The summed E-state index contributed by atoms with van der Waals surface area (Å²) < 4.78 is 12.8. The van der Waals surface area contributed by atoms with Crippen LogP contribution in [0, 0.1) is 0 Å². The van der Waals surface area contributed by atoms with Gasteiger partial charge >= 0.3 is 0 Å². The van der Waals surface area contributed by atoms with Crippen LogP contribution < -0.4 is 20.3 Å². The first-order chi connectivity index (χ1) is 20.8. The third-order valence-corrected chi connectivity index (χ3v) is 7.88. The number of carbonyl (C=O) groups is 1. The number of piperidine rings is 1. The average Bonchev–Trinajstić information content (AvgIpc) is 3.01. The van der Waals surface area contributed by atoms with Crippen LogP contribution in [0.5, 0.6) is 11.5 Å². The molecule has 1 N–H and O–H groups in total. The summed E-state index contributed by atoms with van der Waals surface area (Å²) in [5, 5.41) is 4.36. The maximum Gasteiger partial charge on any atom is 0.259 e. The van der Waals surface area contributed by atoms with Gasteiger partial charge in [0, 0.05) is 72.8 Å². The second-order valence-electron chi connectivity index (χ2n) is 10.6. The molecule has 0 saturated carbocycles. The van der Waals surface area contributed by atoms with E-state index < -0.39 is 0 Å². The van der Waals surface area contributed by atoms with Crippen molar-refractivity contribution in [3.05, 3.63) is 82.5 Å². The van der Waals surface area contributed by atoms with Crippen LogP contribution in [0.4, 0.5) is 11.5 Å². The summed E-state index contributed by atoms with van der Waals surface area (Å²) in [5.41, 5.74) is 2.24. The van der Waals surface area contributed by atoms with E-state index >= 15 is 0 Å². The number of halogens is 1. The van der Waals surface area contributed by atoms with Gasteiger partial charge in [-0.3, -0.25) is 14.6 Å². The Hall–Kier alpha value is -4.41.